The van der Waals surface area contributed by atoms with Crippen LogP contribution in [0.1, 0.15) is 30.9 Å². The van der Waals surface area contributed by atoms with Gasteiger partial charge in [-0.2, -0.15) is 0 Å². The second-order valence-corrected chi connectivity index (χ2v) is 4.27. The van der Waals surface area contributed by atoms with E-state index in [4.69, 9.17) is 0 Å². The van der Waals surface area contributed by atoms with Crippen molar-refractivity contribution in [2.45, 2.75) is 26.2 Å². The van der Waals surface area contributed by atoms with Crippen LogP contribution in [0.15, 0.2) is 24.3 Å². The third kappa shape index (κ3) is 6.05. The number of nitrogens with one attached hydrogen (secondary N) is 1. The smallest absolute Gasteiger partial charge is 0.305 e. The molecule has 1 aromatic carbocycles. The Balaban J connectivity index is 2.59. The van der Waals surface area contributed by atoms with Crippen LogP contribution in [0, 0.1) is 11.8 Å². The maximum atomic E-state index is 11.2. The number of hydrogen-bond donors (Lipinski definition) is 1. The van der Waals surface area contributed by atoms with E-state index in [2.05, 4.69) is 21.9 Å². The monoisotopic (exact) mass is 273 g/mol. The van der Waals surface area contributed by atoms with Crippen molar-refractivity contribution < 1.29 is 14.3 Å². The number of methoxy groups -OCH3 is 1. The lowest BCUT2D eigenvalue weighted by atomic mass is 10.0. The van der Waals surface area contributed by atoms with Gasteiger partial charge in [-0.15, -0.1) is 0 Å². The predicted octanol–water partition coefficient (Wildman–Crippen LogP) is 1.67. The number of carbonyl (C=O) groups is 2. The van der Waals surface area contributed by atoms with Gasteiger partial charge in [0.2, 0.25) is 5.91 Å². The quantitative estimate of drug-likeness (QED) is 0.504. The maximum absolute atomic E-state index is 11.2. The van der Waals surface area contributed by atoms with Crippen LogP contribution in [0.2, 0.25) is 0 Å². The second kappa shape index (κ2) is 8.76. The van der Waals surface area contributed by atoms with Gasteiger partial charge in [-0.3, -0.25) is 9.59 Å². The molecule has 0 aliphatic heterocycles. The third-order valence-electron chi connectivity index (χ3n) is 2.69. The molecule has 106 valence electrons. The van der Waals surface area contributed by atoms with Crippen LogP contribution in [0.5, 0.6) is 0 Å². The van der Waals surface area contributed by atoms with Gasteiger partial charge in [-0.05, 0) is 18.1 Å². The number of benzene rings is 1. The number of amides is 1. The molecule has 4 heteroatoms. The third-order valence-corrected chi connectivity index (χ3v) is 2.69. The predicted molar refractivity (Wildman–Crippen MR) is 77.0 cm³/mol. The Hall–Kier alpha value is -2.28. The highest BCUT2D eigenvalue weighted by Gasteiger charge is 2.04. The highest BCUT2D eigenvalue weighted by atomic mass is 16.5. The Morgan fingerprint density at radius 1 is 1.30 bits per heavy atom. The molecule has 0 unspecified atom stereocenters. The van der Waals surface area contributed by atoms with Gasteiger partial charge in [0.25, 0.3) is 0 Å². The molecule has 0 aromatic heterocycles. The van der Waals surface area contributed by atoms with Crippen LogP contribution in [0.4, 0.5) is 0 Å². The summed E-state index contributed by atoms with van der Waals surface area (Å²) in [5, 5.41) is 2.69. The zero-order valence-corrected chi connectivity index (χ0v) is 11.9. The molecule has 0 bridgehead atoms. The number of carbonyl (C=O) groups excluding carboxylic acids is 2. The number of esters is 1. The molecule has 0 heterocycles. The molecular weight excluding hydrogens is 254 g/mol. The van der Waals surface area contributed by atoms with E-state index in [1.165, 1.54) is 14.0 Å². The van der Waals surface area contributed by atoms with Gasteiger partial charge >= 0.3 is 5.97 Å². The first-order chi connectivity index (χ1) is 9.63. The van der Waals surface area contributed by atoms with Crippen molar-refractivity contribution in [1.82, 2.24) is 5.32 Å². The van der Waals surface area contributed by atoms with E-state index < -0.39 is 0 Å². The van der Waals surface area contributed by atoms with E-state index in [1.54, 1.807) is 0 Å². The Morgan fingerprint density at radius 2 is 2.05 bits per heavy atom. The number of ether oxygens (including phenoxy) is 1. The summed E-state index contributed by atoms with van der Waals surface area (Å²) in [4.78, 5) is 21.9. The summed E-state index contributed by atoms with van der Waals surface area (Å²) in [6, 6.07) is 7.73. The summed E-state index contributed by atoms with van der Waals surface area (Å²) in [5.74, 6) is 5.82. The Kier molecular flexibility index (Phi) is 6.91. The Labute approximate surface area is 119 Å². The van der Waals surface area contributed by atoms with Gasteiger partial charge < -0.3 is 10.1 Å². The van der Waals surface area contributed by atoms with E-state index >= 15 is 0 Å². The fourth-order valence-electron chi connectivity index (χ4n) is 1.66. The first-order valence-electron chi connectivity index (χ1n) is 6.51. The van der Waals surface area contributed by atoms with E-state index in [0.29, 0.717) is 25.8 Å². The number of hydrogen-bond acceptors (Lipinski definition) is 3. The van der Waals surface area contributed by atoms with Crippen LogP contribution >= 0.6 is 0 Å². The Morgan fingerprint density at radius 3 is 2.75 bits per heavy atom. The molecule has 1 aromatic rings. The minimum absolute atomic E-state index is 0.0507. The summed E-state index contributed by atoms with van der Waals surface area (Å²) < 4.78 is 4.63. The van der Waals surface area contributed by atoms with Crippen molar-refractivity contribution in [3.8, 4) is 11.8 Å². The van der Waals surface area contributed by atoms with Gasteiger partial charge in [0, 0.05) is 31.9 Å². The highest BCUT2D eigenvalue weighted by molar-refractivity contribution is 5.72. The molecule has 0 saturated heterocycles. The summed E-state index contributed by atoms with van der Waals surface area (Å²) in [6.45, 7) is 2.03. The van der Waals surface area contributed by atoms with Crippen LogP contribution in [-0.4, -0.2) is 25.5 Å². The molecule has 0 spiro atoms. The van der Waals surface area contributed by atoms with E-state index in [9.17, 15) is 9.59 Å². The van der Waals surface area contributed by atoms with Crippen LogP contribution in [-0.2, 0) is 20.7 Å². The van der Waals surface area contributed by atoms with Crippen molar-refractivity contribution in [3.63, 3.8) is 0 Å². The largest absolute Gasteiger partial charge is 0.469 e. The van der Waals surface area contributed by atoms with Crippen LogP contribution < -0.4 is 5.32 Å². The molecule has 1 rings (SSSR count). The van der Waals surface area contributed by atoms with Crippen LogP contribution in [0.25, 0.3) is 0 Å². The molecule has 0 aliphatic rings. The standard InChI is InChI=1S/C16H19NO3/c1-13(18)17-12-6-5-9-14-7-3-4-8-15(14)10-11-16(19)20-2/h3-4,7-8H,6,10-12H2,1-2H3,(H,17,18). The molecular formula is C16H19NO3. The molecule has 1 amide bonds. The summed E-state index contributed by atoms with van der Waals surface area (Å²) in [6.07, 6.45) is 1.56. The molecule has 0 aliphatic carbocycles. The van der Waals surface area contributed by atoms with Crippen molar-refractivity contribution in [2.75, 3.05) is 13.7 Å². The van der Waals surface area contributed by atoms with Crippen LogP contribution in [0.3, 0.4) is 0 Å². The zero-order valence-electron chi connectivity index (χ0n) is 11.9. The average Bonchev–Trinajstić information content (AvgIpc) is 2.45. The first-order valence-corrected chi connectivity index (χ1v) is 6.51. The SMILES string of the molecule is COC(=O)CCc1ccccc1C#CCCNC(C)=O. The number of rotatable bonds is 5. The van der Waals surface area contributed by atoms with Gasteiger partial charge in [0.15, 0.2) is 0 Å². The first kappa shape index (κ1) is 15.8. The molecule has 0 fully saturated rings. The van der Waals surface area contributed by atoms with Gasteiger partial charge in [-0.1, -0.05) is 30.0 Å². The van der Waals surface area contributed by atoms with Crippen molar-refractivity contribution in [1.29, 1.82) is 0 Å². The lowest BCUT2D eigenvalue weighted by Gasteiger charge is -2.03. The minimum atomic E-state index is -0.224. The van der Waals surface area contributed by atoms with E-state index in [-0.39, 0.29) is 11.9 Å². The summed E-state index contributed by atoms with van der Waals surface area (Å²) in [5.41, 5.74) is 1.95. The normalized spacial score (nSPS) is 9.30. The fraction of sp³-hybridized carbons (Fsp3) is 0.375. The number of aryl methyl sites for hydroxylation is 1. The zero-order chi connectivity index (χ0) is 14.8. The lowest BCUT2D eigenvalue weighted by Crippen LogP contribution is -2.20. The summed E-state index contributed by atoms with van der Waals surface area (Å²) >= 11 is 0. The van der Waals surface area contributed by atoms with E-state index in [0.717, 1.165) is 11.1 Å². The maximum Gasteiger partial charge on any atom is 0.305 e. The molecule has 4 nitrogen and oxygen atoms in total. The van der Waals surface area contributed by atoms with Gasteiger partial charge in [0.05, 0.1) is 7.11 Å². The molecule has 0 radical (unpaired) electrons. The van der Waals surface area contributed by atoms with Crippen molar-refractivity contribution in [2.24, 2.45) is 0 Å². The van der Waals surface area contributed by atoms with Gasteiger partial charge in [-0.25, -0.2) is 0 Å². The summed E-state index contributed by atoms with van der Waals surface area (Å²) in [7, 11) is 1.38. The van der Waals surface area contributed by atoms with Crippen molar-refractivity contribution >= 4 is 11.9 Å². The molecule has 1 N–H and O–H groups in total. The Bertz CT molecular complexity index is 526. The lowest BCUT2D eigenvalue weighted by molar-refractivity contribution is -0.140. The second-order valence-electron chi connectivity index (χ2n) is 4.27. The average molecular weight is 273 g/mol. The highest BCUT2D eigenvalue weighted by Crippen LogP contribution is 2.10. The molecule has 20 heavy (non-hydrogen) atoms. The van der Waals surface area contributed by atoms with Crippen molar-refractivity contribution in [3.05, 3.63) is 35.4 Å². The topological polar surface area (TPSA) is 55.4 Å². The van der Waals surface area contributed by atoms with Gasteiger partial charge in [0.1, 0.15) is 0 Å². The molecule has 0 atom stereocenters. The molecule has 0 saturated carbocycles. The van der Waals surface area contributed by atoms with E-state index in [1.807, 2.05) is 24.3 Å². The minimum Gasteiger partial charge on any atom is -0.469 e. The fourth-order valence-corrected chi connectivity index (χ4v) is 1.66.